The zero-order valence-corrected chi connectivity index (χ0v) is 17.4. The number of thioether (sulfide) groups is 1. The Balaban J connectivity index is 1.58. The maximum Gasteiger partial charge on any atom is 0.233 e. The number of benzene rings is 1. The minimum Gasteiger partial charge on any atom is -0.338 e. The van der Waals surface area contributed by atoms with Crippen LogP contribution in [0, 0.1) is 0 Å². The van der Waals surface area contributed by atoms with Crippen molar-refractivity contribution >= 4 is 40.0 Å². The van der Waals surface area contributed by atoms with E-state index in [1.165, 1.54) is 23.1 Å². The van der Waals surface area contributed by atoms with E-state index in [0.717, 1.165) is 18.4 Å². The second kappa shape index (κ2) is 8.84. The van der Waals surface area contributed by atoms with Crippen molar-refractivity contribution in [2.24, 2.45) is 0 Å². The van der Waals surface area contributed by atoms with Crippen molar-refractivity contribution in [2.45, 2.75) is 49.5 Å². The summed E-state index contributed by atoms with van der Waals surface area (Å²) in [6.45, 7) is 3.88. The number of carbonyl (C=O) groups excluding carboxylic acids is 2. The lowest BCUT2D eigenvalue weighted by Gasteiger charge is -2.25. The number of carbonyl (C=O) groups is 2. The molecule has 1 aliphatic carbocycles. The summed E-state index contributed by atoms with van der Waals surface area (Å²) in [7, 11) is 1.82. The molecule has 0 spiro atoms. The van der Waals surface area contributed by atoms with E-state index in [2.05, 4.69) is 10.2 Å². The molecule has 6 nitrogen and oxygen atoms in total. The fourth-order valence-corrected chi connectivity index (χ4v) is 4.58. The van der Waals surface area contributed by atoms with Crippen molar-refractivity contribution in [1.29, 1.82) is 0 Å². The molecule has 3 rings (SSSR count). The van der Waals surface area contributed by atoms with Crippen LogP contribution in [0.15, 0.2) is 34.7 Å². The van der Waals surface area contributed by atoms with E-state index in [-0.39, 0.29) is 23.9 Å². The third-order valence-electron chi connectivity index (χ3n) is 4.66. The summed E-state index contributed by atoms with van der Waals surface area (Å²) in [5.41, 5.74) is 1.11. The lowest BCUT2D eigenvalue weighted by Crippen LogP contribution is -2.32. The van der Waals surface area contributed by atoms with Gasteiger partial charge in [-0.2, -0.15) is 0 Å². The van der Waals surface area contributed by atoms with Gasteiger partial charge in [-0.15, -0.1) is 10.2 Å². The highest BCUT2D eigenvalue weighted by atomic mass is 32.2. The average Bonchev–Trinajstić information content (AvgIpc) is 3.42. The van der Waals surface area contributed by atoms with Gasteiger partial charge in [0, 0.05) is 19.5 Å². The Labute approximate surface area is 168 Å². The SMILES string of the molecule is CCC(=O)N(c1nnc(SCC(=O)N(C)C(C)c2ccccc2)s1)C1CC1. The van der Waals surface area contributed by atoms with Crippen LogP contribution in [0.2, 0.25) is 0 Å². The number of rotatable bonds is 8. The van der Waals surface area contributed by atoms with Crippen LogP contribution in [-0.2, 0) is 9.59 Å². The van der Waals surface area contributed by atoms with Crippen LogP contribution in [0.4, 0.5) is 5.13 Å². The van der Waals surface area contributed by atoms with Crippen molar-refractivity contribution in [3.63, 3.8) is 0 Å². The normalized spacial score (nSPS) is 14.6. The van der Waals surface area contributed by atoms with Gasteiger partial charge in [0.25, 0.3) is 0 Å². The van der Waals surface area contributed by atoms with E-state index < -0.39 is 0 Å². The molecule has 1 aliphatic rings. The van der Waals surface area contributed by atoms with Gasteiger partial charge in [-0.05, 0) is 25.3 Å². The van der Waals surface area contributed by atoms with Gasteiger partial charge >= 0.3 is 0 Å². The lowest BCUT2D eigenvalue weighted by atomic mass is 10.1. The van der Waals surface area contributed by atoms with Gasteiger partial charge in [0.15, 0.2) is 4.34 Å². The van der Waals surface area contributed by atoms with Crippen molar-refractivity contribution in [3.8, 4) is 0 Å². The molecule has 1 unspecified atom stereocenters. The van der Waals surface area contributed by atoms with Crippen LogP contribution < -0.4 is 4.90 Å². The molecule has 2 aromatic rings. The number of hydrogen-bond donors (Lipinski definition) is 0. The van der Waals surface area contributed by atoms with Gasteiger partial charge in [0.05, 0.1) is 11.8 Å². The Morgan fingerprint density at radius 3 is 2.56 bits per heavy atom. The highest BCUT2D eigenvalue weighted by molar-refractivity contribution is 8.01. The van der Waals surface area contributed by atoms with Crippen molar-refractivity contribution in [2.75, 3.05) is 17.7 Å². The van der Waals surface area contributed by atoms with E-state index >= 15 is 0 Å². The highest BCUT2D eigenvalue weighted by Gasteiger charge is 2.35. The molecule has 1 saturated carbocycles. The number of nitrogens with zero attached hydrogens (tertiary/aromatic N) is 4. The third kappa shape index (κ3) is 4.87. The van der Waals surface area contributed by atoms with Crippen molar-refractivity contribution in [3.05, 3.63) is 35.9 Å². The minimum atomic E-state index is 0.0109. The van der Waals surface area contributed by atoms with E-state index in [1.807, 2.05) is 51.2 Å². The molecule has 1 atom stereocenters. The first kappa shape index (κ1) is 19.8. The average molecular weight is 405 g/mol. The summed E-state index contributed by atoms with van der Waals surface area (Å²) < 4.78 is 0.716. The third-order valence-corrected chi connectivity index (χ3v) is 6.70. The Bertz CT molecular complexity index is 792. The van der Waals surface area contributed by atoms with Crippen LogP contribution in [0.3, 0.4) is 0 Å². The highest BCUT2D eigenvalue weighted by Crippen LogP contribution is 2.36. The molecular formula is C19H24N4O2S2. The predicted octanol–water partition coefficient (Wildman–Crippen LogP) is 3.76. The largest absolute Gasteiger partial charge is 0.338 e. The van der Waals surface area contributed by atoms with Gasteiger partial charge in [-0.25, -0.2) is 0 Å². The molecule has 0 saturated heterocycles. The van der Waals surface area contributed by atoms with E-state index in [4.69, 9.17) is 0 Å². The van der Waals surface area contributed by atoms with E-state index in [1.54, 1.807) is 9.80 Å². The molecule has 0 aliphatic heterocycles. The quantitative estimate of drug-likeness (QED) is 0.495. The van der Waals surface area contributed by atoms with Crippen LogP contribution in [-0.4, -0.2) is 45.8 Å². The number of anilines is 1. The summed E-state index contributed by atoms with van der Waals surface area (Å²) in [6, 6.07) is 10.2. The van der Waals surface area contributed by atoms with E-state index in [0.29, 0.717) is 21.6 Å². The Morgan fingerprint density at radius 1 is 1.22 bits per heavy atom. The Kier molecular flexibility index (Phi) is 6.49. The summed E-state index contributed by atoms with van der Waals surface area (Å²) in [6.07, 6.45) is 2.50. The molecular weight excluding hydrogens is 380 g/mol. The van der Waals surface area contributed by atoms with Crippen molar-refractivity contribution in [1.82, 2.24) is 15.1 Å². The monoisotopic (exact) mass is 404 g/mol. The van der Waals surface area contributed by atoms with Crippen LogP contribution in [0.5, 0.6) is 0 Å². The molecule has 8 heteroatoms. The van der Waals surface area contributed by atoms with Gasteiger partial charge in [-0.3, -0.25) is 14.5 Å². The Hall–Kier alpha value is -1.93. The van der Waals surface area contributed by atoms with Gasteiger partial charge in [0.1, 0.15) is 0 Å². The second-order valence-electron chi connectivity index (χ2n) is 6.58. The predicted molar refractivity (Wildman–Crippen MR) is 109 cm³/mol. The first-order valence-corrected chi connectivity index (χ1v) is 10.9. The summed E-state index contributed by atoms with van der Waals surface area (Å²) in [5, 5.41) is 8.99. The zero-order chi connectivity index (χ0) is 19.4. The van der Waals surface area contributed by atoms with Gasteiger partial charge < -0.3 is 4.90 Å². The van der Waals surface area contributed by atoms with Crippen LogP contribution >= 0.6 is 23.1 Å². The molecule has 1 heterocycles. The Morgan fingerprint density at radius 2 is 1.93 bits per heavy atom. The molecule has 2 amide bonds. The topological polar surface area (TPSA) is 66.4 Å². The first-order chi connectivity index (χ1) is 13.0. The first-order valence-electron chi connectivity index (χ1n) is 9.10. The van der Waals surface area contributed by atoms with Crippen LogP contribution in [0.25, 0.3) is 0 Å². The standard InChI is InChI=1S/C19H24N4O2S2/c1-4-16(24)23(15-10-11-15)18-20-21-19(27-18)26-12-17(25)22(3)13(2)14-8-6-5-7-9-14/h5-9,13,15H,4,10-12H2,1-3H3. The number of hydrogen-bond acceptors (Lipinski definition) is 6. The minimum absolute atomic E-state index is 0.0109. The molecule has 1 aromatic heterocycles. The molecule has 144 valence electrons. The molecule has 0 N–H and O–H groups in total. The zero-order valence-electron chi connectivity index (χ0n) is 15.8. The molecule has 1 aromatic carbocycles. The summed E-state index contributed by atoms with van der Waals surface area (Å²) in [5.74, 6) is 0.419. The summed E-state index contributed by atoms with van der Waals surface area (Å²) >= 11 is 2.76. The van der Waals surface area contributed by atoms with Gasteiger partial charge in [0.2, 0.25) is 16.9 Å². The molecule has 27 heavy (non-hydrogen) atoms. The maximum absolute atomic E-state index is 12.5. The fourth-order valence-electron chi connectivity index (χ4n) is 2.72. The number of amides is 2. The lowest BCUT2D eigenvalue weighted by molar-refractivity contribution is -0.129. The maximum atomic E-state index is 12.5. The molecule has 1 fully saturated rings. The number of aromatic nitrogens is 2. The van der Waals surface area contributed by atoms with E-state index in [9.17, 15) is 9.59 Å². The van der Waals surface area contributed by atoms with Crippen molar-refractivity contribution < 1.29 is 9.59 Å². The fraction of sp³-hybridized carbons (Fsp3) is 0.474. The smallest absolute Gasteiger partial charge is 0.233 e. The second-order valence-corrected chi connectivity index (χ2v) is 8.76. The summed E-state index contributed by atoms with van der Waals surface area (Å²) in [4.78, 5) is 28.2. The van der Waals surface area contributed by atoms with Gasteiger partial charge in [-0.1, -0.05) is 60.4 Å². The molecule has 0 bridgehead atoms. The molecule has 0 radical (unpaired) electrons. The van der Waals surface area contributed by atoms with Crippen LogP contribution in [0.1, 0.15) is 44.7 Å².